The minimum atomic E-state index is -1.51. The van der Waals surface area contributed by atoms with Crippen LogP contribution in [-0.4, -0.2) is 22.1 Å². The Bertz CT molecular complexity index is 339. The zero-order chi connectivity index (χ0) is 11.6. The second-order valence-corrected chi connectivity index (χ2v) is 3.45. The van der Waals surface area contributed by atoms with Gasteiger partial charge in [0.15, 0.2) is 0 Å². The predicted molar refractivity (Wildman–Crippen MR) is 55.6 cm³/mol. The topological polar surface area (TPSA) is 66.5 Å². The van der Waals surface area contributed by atoms with Crippen LogP contribution in [0.3, 0.4) is 0 Å². The zero-order valence-electron chi connectivity index (χ0n) is 7.69. The molecule has 2 unspecified atom stereocenters. The molecule has 3 nitrogen and oxygen atoms in total. The monoisotopic (exact) mass is 235 g/mol. The van der Waals surface area contributed by atoms with Crippen molar-refractivity contribution in [3.8, 4) is 0 Å². The van der Waals surface area contributed by atoms with Gasteiger partial charge in [0.25, 0.3) is 0 Å². The number of nitrogens with two attached hydrogens (primary N) is 1. The van der Waals surface area contributed by atoms with E-state index in [-0.39, 0.29) is 17.0 Å². The summed E-state index contributed by atoms with van der Waals surface area (Å²) in [7, 11) is 0. The maximum absolute atomic E-state index is 13.2. The van der Waals surface area contributed by atoms with Gasteiger partial charge in [-0.15, -0.1) is 0 Å². The number of benzene rings is 1. The third-order valence-corrected chi connectivity index (χ3v) is 2.35. The standard InChI is InChI=1S/C9H11F2NO2S/c10-4-1-5(11)8(6(12)2-4)9(14)7(13)3-15/h1-2,7,9,13-15H,3,12H2. The normalized spacial score (nSPS) is 15.0. The zero-order valence-corrected chi connectivity index (χ0v) is 8.59. The van der Waals surface area contributed by atoms with E-state index in [2.05, 4.69) is 12.6 Å². The molecule has 6 heteroatoms. The van der Waals surface area contributed by atoms with Crippen LogP contribution in [-0.2, 0) is 0 Å². The maximum atomic E-state index is 13.2. The minimum absolute atomic E-state index is 0.0581. The summed E-state index contributed by atoms with van der Waals surface area (Å²) in [5.41, 5.74) is 4.80. The van der Waals surface area contributed by atoms with Crippen molar-refractivity contribution in [2.24, 2.45) is 0 Å². The van der Waals surface area contributed by atoms with Gasteiger partial charge in [-0.25, -0.2) is 8.78 Å². The second-order valence-electron chi connectivity index (χ2n) is 3.09. The molecule has 0 fully saturated rings. The molecule has 0 amide bonds. The molecule has 0 spiro atoms. The van der Waals surface area contributed by atoms with Crippen LogP contribution in [0.2, 0.25) is 0 Å². The Hall–Kier alpha value is -0.850. The molecule has 2 atom stereocenters. The Labute approximate surface area is 90.9 Å². The summed E-state index contributed by atoms with van der Waals surface area (Å²) in [6.07, 6.45) is -2.77. The SMILES string of the molecule is Nc1cc(F)cc(F)c1C(O)C(O)CS. The van der Waals surface area contributed by atoms with Gasteiger partial charge in [-0.2, -0.15) is 12.6 Å². The van der Waals surface area contributed by atoms with Gasteiger partial charge in [0.1, 0.15) is 17.7 Å². The van der Waals surface area contributed by atoms with Crippen molar-refractivity contribution in [1.82, 2.24) is 0 Å². The average Bonchev–Trinajstić information content (AvgIpc) is 2.14. The van der Waals surface area contributed by atoms with Crippen LogP contribution >= 0.6 is 12.6 Å². The summed E-state index contributed by atoms with van der Waals surface area (Å²) in [5, 5.41) is 18.8. The number of thiol groups is 1. The highest BCUT2D eigenvalue weighted by Crippen LogP contribution is 2.27. The molecular formula is C9H11F2NO2S. The van der Waals surface area contributed by atoms with Gasteiger partial charge in [0.2, 0.25) is 0 Å². The summed E-state index contributed by atoms with van der Waals surface area (Å²) in [4.78, 5) is 0. The third kappa shape index (κ3) is 2.58. The van der Waals surface area contributed by atoms with Gasteiger partial charge >= 0.3 is 0 Å². The summed E-state index contributed by atoms with van der Waals surface area (Å²) in [5.74, 6) is -1.88. The number of anilines is 1. The van der Waals surface area contributed by atoms with Crippen molar-refractivity contribution in [2.45, 2.75) is 12.2 Å². The third-order valence-electron chi connectivity index (χ3n) is 1.97. The number of nitrogen functional groups attached to an aromatic ring is 1. The molecule has 0 heterocycles. The molecule has 0 radical (unpaired) electrons. The quantitative estimate of drug-likeness (QED) is 0.464. The Morgan fingerprint density at radius 1 is 1.33 bits per heavy atom. The molecule has 0 aliphatic rings. The van der Waals surface area contributed by atoms with Crippen LogP contribution < -0.4 is 5.73 Å². The van der Waals surface area contributed by atoms with Crippen LogP contribution in [0.1, 0.15) is 11.7 Å². The fourth-order valence-corrected chi connectivity index (χ4v) is 1.41. The lowest BCUT2D eigenvalue weighted by molar-refractivity contribution is 0.0319. The van der Waals surface area contributed by atoms with Gasteiger partial charge in [-0.1, -0.05) is 0 Å². The van der Waals surface area contributed by atoms with E-state index in [1.807, 2.05) is 0 Å². The van der Waals surface area contributed by atoms with Crippen molar-refractivity contribution in [1.29, 1.82) is 0 Å². The number of halogens is 2. The van der Waals surface area contributed by atoms with Crippen molar-refractivity contribution >= 4 is 18.3 Å². The summed E-state index contributed by atoms with van der Waals surface area (Å²) in [6, 6.07) is 1.48. The maximum Gasteiger partial charge on any atom is 0.134 e. The predicted octanol–water partition coefficient (Wildman–Crippen LogP) is 0.871. The van der Waals surface area contributed by atoms with Gasteiger partial charge in [0.05, 0.1) is 6.10 Å². The van der Waals surface area contributed by atoms with Crippen molar-refractivity contribution < 1.29 is 19.0 Å². The van der Waals surface area contributed by atoms with E-state index in [9.17, 15) is 19.0 Å². The molecule has 1 rings (SSSR count). The molecule has 0 saturated carbocycles. The number of hydrogen-bond donors (Lipinski definition) is 4. The first-order valence-corrected chi connectivity index (χ1v) is 4.82. The largest absolute Gasteiger partial charge is 0.398 e. The average molecular weight is 235 g/mol. The summed E-state index contributed by atoms with van der Waals surface area (Å²) >= 11 is 3.75. The van der Waals surface area contributed by atoms with Crippen molar-refractivity contribution in [3.05, 3.63) is 29.3 Å². The fraction of sp³-hybridized carbons (Fsp3) is 0.333. The van der Waals surface area contributed by atoms with E-state index in [0.717, 1.165) is 6.07 Å². The fourth-order valence-electron chi connectivity index (χ4n) is 1.21. The Morgan fingerprint density at radius 3 is 2.40 bits per heavy atom. The summed E-state index contributed by atoms with van der Waals surface area (Å²) in [6.45, 7) is 0. The first kappa shape index (κ1) is 12.2. The lowest BCUT2D eigenvalue weighted by Gasteiger charge is -2.18. The van der Waals surface area contributed by atoms with E-state index >= 15 is 0 Å². The highest BCUT2D eigenvalue weighted by atomic mass is 32.1. The van der Waals surface area contributed by atoms with E-state index in [4.69, 9.17) is 5.73 Å². The van der Waals surface area contributed by atoms with Gasteiger partial charge < -0.3 is 15.9 Å². The van der Waals surface area contributed by atoms with E-state index in [1.165, 1.54) is 0 Å². The van der Waals surface area contributed by atoms with E-state index < -0.39 is 23.8 Å². The first-order chi connectivity index (χ1) is 6.97. The van der Waals surface area contributed by atoms with Crippen molar-refractivity contribution in [2.75, 3.05) is 11.5 Å². The van der Waals surface area contributed by atoms with Crippen molar-refractivity contribution in [3.63, 3.8) is 0 Å². The highest BCUT2D eigenvalue weighted by molar-refractivity contribution is 7.80. The second kappa shape index (κ2) is 4.78. The molecule has 84 valence electrons. The van der Waals surface area contributed by atoms with E-state index in [0.29, 0.717) is 6.07 Å². The molecule has 1 aromatic carbocycles. The number of hydrogen-bond acceptors (Lipinski definition) is 4. The summed E-state index contributed by atoms with van der Waals surface area (Å²) < 4.78 is 25.9. The van der Waals surface area contributed by atoms with Crippen LogP contribution in [0.15, 0.2) is 12.1 Å². The molecule has 4 N–H and O–H groups in total. The Morgan fingerprint density at radius 2 is 1.93 bits per heavy atom. The van der Waals surface area contributed by atoms with Crippen LogP contribution in [0.5, 0.6) is 0 Å². The lowest BCUT2D eigenvalue weighted by Crippen LogP contribution is -2.22. The highest BCUT2D eigenvalue weighted by Gasteiger charge is 2.23. The Kier molecular flexibility index (Phi) is 3.90. The Balaban J connectivity index is 3.13. The molecule has 0 aliphatic heterocycles. The van der Waals surface area contributed by atoms with Gasteiger partial charge in [-0.3, -0.25) is 0 Å². The molecule has 15 heavy (non-hydrogen) atoms. The molecule has 0 saturated heterocycles. The molecule has 0 aromatic heterocycles. The van der Waals surface area contributed by atoms with Crippen LogP contribution in [0.4, 0.5) is 14.5 Å². The molecule has 1 aromatic rings. The van der Waals surface area contributed by atoms with Gasteiger partial charge in [-0.05, 0) is 6.07 Å². The van der Waals surface area contributed by atoms with Crippen LogP contribution in [0.25, 0.3) is 0 Å². The lowest BCUT2D eigenvalue weighted by atomic mass is 10.0. The molecular weight excluding hydrogens is 224 g/mol. The minimum Gasteiger partial charge on any atom is -0.398 e. The number of rotatable bonds is 3. The van der Waals surface area contributed by atoms with Crippen LogP contribution in [0, 0.1) is 11.6 Å². The molecule has 0 bridgehead atoms. The first-order valence-electron chi connectivity index (χ1n) is 4.18. The number of aliphatic hydroxyl groups is 2. The molecule has 0 aliphatic carbocycles. The van der Waals surface area contributed by atoms with Gasteiger partial charge in [0, 0.05) is 23.1 Å². The van der Waals surface area contributed by atoms with E-state index in [1.54, 1.807) is 0 Å². The smallest absolute Gasteiger partial charge is 0.134 e. The number of aliphatic hydroxyl groups excluding tert-OH is 2.